The fourth-order valence-electron chi connectivity index (χ4n) is 2.00. The summed E-state index contributed by atoms with van der Waals surface area (Å²) in [4.78, 5) is 0. The van der Waals surface area contributed by atoms with Crippen LogP contribution in [0.3, 0.4) is 0 Å². The van der Waals surface area contributed by atoms with E-state index in [9.17, 15) is 0 Å². The van der Waals surface area contributed by atoms with Gasteiger partial charge in [0, 0.05) is 24.6 Å². The number of aromatic nitrogens is 2. The van der Waals surface area contributed by atoms with E-state index in [2.05, 4.69) is 15.5 Å². The average molecular weight is 289 g/mol. The minimum Gasteiger partial charge on any atom is -0.494 e. The summed E-state index contributed by atoms with van der Waals surface area (Å²) in [5.74, 6) is 0.898. The van der Waals surface area contributed by atoms with Gasteiger partial charge in [-0.1, -0.05) is 11.3 Å². The van der Waals surface area contributed by atoms with Crippen LogP contribution < -0.4 is 10.1 Å². The van der Waals surface area contributed by atoms with E-state index in [-0.39, 0.29) is 0 Å². The van der Waals surface area contributed by atoms with Crippen molar-refractivity contribution in [3.05, 3.63) is 29.3 Å². The summed E-state index contributed by atoms with van der Waals surface area (Å²) in [7, 11) is 0. The normalized spacial score (nSPS) is 14.4. The second-order valence-electron chi connectivity index (χ2n) is 4.94. The summed E-state index contributed by atoms with van der Waals surface area (Å²) < 4.78 is 5.44. The van der Waals surface area contributed by atoms with Gasteiger partial charge in [0.1, 0.15) is 15.8 Å². The maximum absolute atomic E-state index is 5.44. The SMILES string of the molecule is CCOc1ccc(-c2nnc(CCNC3CC3)s2)cc1. The van der Waals surface area contributed by atoms with Crippen molar-refractivity contribution in [3.8, 4) is 16.3 Å². The van der Waals surface area contributed by atoms with Crippen LogP contribution in [0.25, 0.3) is 10.6 Å². The highest BCUT2D eigenvalue weighted by molar-refractivity contribution is 7.14. The van der Waals surface area contributed by atoms with Gasteiger partial charge in [0.15, 0.2) is 0 Å². The van der Waals surface area contributed by atoms with Gasteiger partial charge in [0.2, 0.25) is 0 Å². The molecule has 1 N–H and O–H groups in total. The lowest BCUT2D eigenvalue weighted by molar-refractivity contribution is 0.340. The average Bonchev–Trinajstić information content (AvgIpc) is 3.17. The lowest BCUT2D eigenvalue weighted by Gasteiger charge is -2.02. The van der Waals surface area contributed by atoms with Gasteiger partial charge in [-0.2, -0.15) is 0 Å². The van der Waals surface area contributed by atoms with Crippen molar-refractivity contribution < 1.29 is 4.74 Å². The minimum absolute atomic E-state index is 0.691. The fraction of sp³-hybridized carbons (Fsp3) is 0.467. The maximum Gasteiger partial charge on any atom is 0.147 e. The molecule has 3 rings (SSSR count). The van der Waals surface area contributed by atoms with Crippen molar-refractivity contribution >= 4 is 11.3 Å². The molecule has 1 aromatic carbocycles. The van der Waals surface area contributed by atoms with Crippen LogP contribution in [-0.2, 0) is 6.42 Å². The minimum atomic E-state index is 0.691. The van der Waals surface area contributed by atoms with Crippen LogP contribution in [0, 0.1) is 0 Å². The van der Waals surface area contributed by atoms with Gasteiger partial charge in [-0.3, -0.25) is 0 Å². The highest BCUT2D eigenvalue weighted by atomic mass is 32.1. The first-order valence-electron chi connectivity index (χ1n) is 7.14. The molecular formula is C15H19N3OS. The Kier molecular flexibility index (Phi) is 4.28. The second-order valence-corrected chi connectivity index (χ2v) is 6.00. The van der Waals surface area contributed by atoms with E-state index in [0.717, 1.165) is 40.3 Å². The Balaban J connectivity index is 1.59. The van der Waals surface area contributed by atoms with Crippen LogP contribution in [0.15, 0.2) is 24.3 Å². The number of nitrogens with zero attached hydrogens (tertiary/aromatic N) is 2. The zero-order chi connectivity index (χ0) is 13.8. The van der Waals surface area contributed by atoms with Crippen LogP contribution >= 0.6 is 11.3 Å². The number of benzene rings is 1. The van der Waals surface area contributed by atoms with E-state index in [1.165, 1.54) is 12.8 Å². The van der Waals surface area contributed by atoms with Gasteiger partial charge in [-0.25, -0.2) is 0 Å². The van der Waals surface area contributed by atoms with Crippen molar-refractivity contribution in [1.29, 1.82) is 0 Å². The third-order valence-electron chi connectivity index (χ3n) is 3.23. The van der Waals surface area contributed by atoms with Gasteiger partial charge in [-0.05, 0) is 44.0 Å². The highest BCUT2D eigenvalue weighted by Gasteiger charge is 2.19. The molecule has 1 heterocycles. The zero-order valence-electron chi connectivity index (χ0n) is 11.6. The molecule has 0 radical (unpaired) electrons. The van der Waals surface area contributed by atoms with Crippen LogP contribution in [0.5, 0.6) is 5.75 Å². The zero-order valence-corrected chi connectivity index (χ0v) is 12.4. The van der Waals surface area contributed by atoms with Gasteiger partial charge in [-0.15, -0.1) is 10.2 Å². The Morgan fingerprint density at radius 1 is 1.25 bits per heavy atom. The lowest BCUT2D eigenvalue weighted by Crippen LogP contribution is -2.19. The molecule has 0 saturated heterocycles. The van der Waals surface area contributed by atoms with E-state index in [1.807, 2.05) is 31.2 Å². The topological polar surface area (TPSA) is 47.0 Å². The largest absolute Gasteiger partial charge is 0.494 e. The number of hydrogen-bond donors (Lipinski definition) is 1. The summed E-state index contributed by atoms with van der Waals surface area (Å²) in [5.41, 5.74) is 1.10. The van der Waals surface area contributed by atoms with Crippen molar-refractivity contribution in [1.82, 2.24) is 15.5 Å². The Labute approximate surface area is 123 Å². The van der Waals surface area contributed by atoms with E-state index in [1.54, 1.807) is 11.3 Å². The van der Waals surface area contributed by atoms with Gasteiger partial charge >= 0.3 is 0 Å². The van der Waals surface area contributed by atoms with E-state index < -0.39 is 0 Å². The van der Waals surface area contributed by atoms with Gasteiger partial charge in [0.05, 0.1) is 6.61 Å². The van der Waals surface area contributed by atoms with Crippen molar-refractivity contribution in [3.63, 3.8) is 0 Å². The molecule has 1 aliphatic carbocycles. The second kappa shape index (κ2) is 6.33. The fourth-order valence-corrected chi connectivity index (χ4v) is 2.85. The Hall–Kier alpha value is -1.46. The molecule has 1 aliphatic rings. The molecule has 0 spiro atoms. The Morgan fingerprint density at radius 3 is 2.75 bits per heavy atom. The molecule has 5 heteroatoms. The Bertz CT molecular complexity index is 549. The quantitative estimate of drug-likeness (QED) is 0.851. The molecule has 0 aliphatic heterocycles. The van der Waals surface area contributed by atoms with Crippen LogP contribution in [-0.4, -0.2) is 29.4 Å². The summed E-state index contributed by atoms with van der Waals surface area (Å²) in [6.45, 7) is 3.68. The standard InChI is InChI=1S/C15H19N3OS/c1-2-19-13-7-3-11(4-8-13)15-18-17-14(20-15)9-10-16-12-5-6-12/h3-4,7-8,12,16H,2,5-6,9-10H2,1H3. The Morgan fingerprint density at radius 2 is 2.05 bits per heavy atom. The maximum atomic E-state index is 5.44. The van der Waals surface area contributed by atoms with Gasteiger partial charge in [0.25, 0.3) is 0 Å². The van der Waals surface area contributed by atoms with Crippen LogP contribution in [0.4, 0.5) is 0 Å². The first-order valence-corrected chi connectivity index (χ1v) is 7.96. The van der Waals surface area contributed by atoms with Gasteiger partial charge < -0.3 is 10.1 Å². The smallest absolute Gasteiger partial charge is 0.147 e. The molecule has 106 valence electrons. The molecule has 1 fully saturated rings. The number of hydrogen-bond acceptors (Lipinski definition) is 5. The highest BCUT2D eigenvalue weighted by Crippen LogP contribution is 2.26. The first-order chi connectivity index (χ1) is 9.85. The molecule has 1 aromatic heterocycles. The summed E-state index contributed by atoms with van der Waals surface area (Å²) in [5, 5.41) is 14.1. The molecule has 0 unspecified atom stereocenters. The number of ether oxygens (including phenoxy) is 1. The van der Waals surface area contributed by atoms with E-state index in [0.29, 0.717) is 6.61 Å². The monoisotopic (exact) mass is 289 g/mol. The summed E-state index contributed by atoms with van der Waals surface area (Å²) >= 11 is 1.67. The van der Waals surface area contributed by atoms with Crippen molar-refractivity contribution in [2.45, 2.75) is 32.2 Å². The van der Waals surface area contributed by atoms with E-state index >= 15 is 0 Å². The lowest BCUT2D eigenvalue weighted by atomic mass is 10.2. The number of rotatable bonds is 7. The third kappa shape index (κ3) is 3.55. The molecule has 2 aromatic rings. The summed E-state index contributed by atoms with van der Waals surface area (Å²) in [6, 6.07) is 8.80. The molecule has 4 nitrogen and oxygen atoms in total. The predicted molar refractivity (Wildman–Crippen MR) is 81.2 cm³/mol. The number of nitrogens with one attached hydrogen (secondary N) is 1. The predicted octanol–water partition coefficient (Wildman–Crippen LogP) is 2.90. The van der Waals surface area contributed by atoms with Crippen LogP contribution in [0.1, 0.15) is 24.8 Å². The third-order valence-corrected chi connectivity index (χ3v) is 4.26. The molecule has 0 amide bonds. The van der Waals surface area contributed by atoms with Crippen LogP contribution in [0.2, 0.25) is 0 Å². The first kappa shape index (κ1) is 13.5. The van der Waals surface area contributed by atoms with E-state index in [4.69, 9.17) is 4.74 Å². The molecule has 0 atom stereocenters. The molecule has 0 bridgehead atoms. The molecule has 1 saturated carbocycles. The summed E-state index contributed by atoms with van der Waals surface area (Å²) in [6.07, 6.45) is 3.62. The molecule has 20 heavy (non-hydrogen) atoms. The van der Waals surface area contributed by atoms with Crippen molar-refractivity contribution in [2.24, 2.45) is 0 Å². The molecular weight excluding hydrogens is 270 g/mol. The van der Waals surface area contributed by atoms with Crippen molar-refractivity contribution in [2.75, 3.05) is 13.2 Å².